The maximum absolute atomic E-state index is 9.64. The van der Waals surface area contributed by atoms with E-state index in [1.54, 1.807) is 24.4 Å². The smallest absolute Gasteiger partial charge is 0.225 e. The van der Waals surface area contributed by atoms with Crippen LogP contribution >= 0.6 is 23.2 Å². The average Bonchev–Trinajstić information content (AvgIpc) is 2.70. The van der Waals surface area contributed by atoms with Gasteiger partial charge in [-0.25, -0.2) is 4.98 Å². The fourth-order valence-corrected chi connectivity index (χ4v) is 2.90. The number of halogens is 2. The molecule has 28 heavy (non-hydrogen) atoms. The summed E-state index contributed by atoms with van der Waals surface area (Å²) in [5, 5.41) is 16.9. The highest BCUT2D eigenvalue weighted by atomic mass is 35.5. The molecule has 0 aliphatic heterocycles. The summed E-state index contributed by atoms with van der Waals surface area (Å²) in [4.78, 5) is 13.4. The molecule has 0 saturated carbocycles. The standard InChI is InChI=1S/C20H21Cl2N5O/c1-12(2)17(11-28)26-20-25-16(14-7-3-4-9-23-14)10-18(27-20)24-15-8-5-6-13(21)19(15)22/h3-10,12,17,28H,11H2,1-2H3,(H2,24,25,26,27)/t17-/m1/s1. The molecule has 3 N–H and O–H groups in total. The molecule has 146 valence electrons. The highest BCUT2D eigenvalue weighted by Gasteiger charge is 2.16. The van der Waals surface area contributed by atoms with E-state index in [4.69, 9.17) is 23.2 Å². The van der Waals surface area contributed by atoms with E-state index in [-0.39, 0.29) is 18.6 Å². The van der Waals surface area contributed by atoms with E-state index in [1.807, 2.05) is 38.1 Å². The van der Waals surface area contributed by atoms with Gasteiger partial charge in [0.05, 0.1) is 39.8 Å². The van der Waals surface area contributed by atoms with Crippen molar-refractivity contribution in [2.24, 2.45) is 5.92 Å². The minimum absolute atomic E-state index is 0.0300. The van der Waals surface area contributed by atoms with E-state index in [0.29, 0.717) is 38.9 Å². The van der Waals surface area contributed by atoms with Crippen LogP contribution in [0.25, 0.3) is 11.4 Å². The Morgan fingerprint density at radius 1 is 1.04 bits per heavy atom. The van der Waals surface area contributed by atoms with Crippen LogP contribution in [0.2, 0.25) is 10.0 Å². The van der Waals surface area contributed by atoms with Crippen LogP contribution in [0.4, 0.5) is 17.5 Å². The SMILES string of the molecule is CC(C)[C@@H](CO)Nc1nc(Nc2cccc(Cl)c2Cl)cc(-c2ccccn2)n1. The van der Waals surface area contributed by atoms with Gasteiger partial charge in [-0.1, -0.05) is 49.2 Å². The fraction of sp³-hybridized carbons (Fsp3) is 0.250. The van der Waals surface area contributed by atoms with Crippen LogP contribution < -0.4 is 10.6 Å². The first-order chi connectivity index (χ1) is 13.5. The Bertz CT molecular complexity index is 937. The number of nitrogens with zero attached hydrogens (tertiary/aromatic N) is 3. The van der Waals surface area contributed by atoms with Crippen molar-refractivity contribution in [1.29, 1.82) is 0 Å². The maximum atomic E-state index is 9.64. The number of aliphatic hydroxyl groups excluding tert-OH is 1. The van der Waals surface area contributed by atoms with Gasteiger partial charge in [0.2, 0.25) is 5.95 Å². The number of aromatic nitrogens is 3. The van der Waals surface area contributed by atoms with E-state index in [9.17, 15) is 5.11 Å². The van der Waals surface area contributed by atoms with Gasteiger partial charge in [0.15, 0.2) is 0 Å². The lowest BCUT2D eigenvalue weighted by Crippen LogP contribution is -2.30. The van der Waals surface area contributed by atoms with Crippen molar-refractivity contribution in [3.63, 3.8) is 0 Å². The Balaban J connectivity index is 2.00. The maximum Gasteiger partial charge on any atom is 0.225 e. The van der Waals surface area contributed by atoms with Crippen molar-refractivity contribution in [2.75, 3.05) is 17.2 Å². The summed E-state index contributed by atoms with van der Waals surface area (Å²) >= 11 is 12.4. The third-order valence-corrected chi connectivity index (χ3v) is 5.00. The van der Waals surface area contributed by atoms with Gasteiger partial charge in [-0.15, -0.1) is 0 Å². The number of nitrogens with one attached hydrogen (secondary N) is 2. The van der Waals surface area contributed by atoms with Crippen molar-refractivity contribution in [1.82, 2.24) is 15.0 Å². The summed E-state index contributed by atoms with van der Waals surface area (Å²) < 4.78 is 0. The minimum atomic E-state index is -0.179. The zero-order valence-corrected chi connectivity index (χ0v) is 17.0. The van der Waals surface area contributed by atoms with Crippen molar-refractivity contribution in [2.45, 2.75) is 19.9 Å². The van der Waals surface area contributed by atoms with Crippen molar-refractivity contribution in [3.8, 4) is 11.4 Å². The largest absolute Gasteiger partial charge is 0.394 e. The molecule has 2 heterocycles. The molecule has 0 spiro atoms. The number of benzene rings is 1. The molecule has 0 aliphatic rings. The van der Waals surface area contributed by atoms with Crippen LogP contribution in [0.5, 0.6) is 0 Å². The van der Waals surface area contributed by atoms with Gasteiger partial charge in [0.1, 0.15) is 5.82 Å². The lowest BCUT2D eigenvalue weighted by molar-refractivity contribution is 0.248. The minimum Gasteiger partial charge on any atom is -0.394 e. The van der Waals surface area contributed by atoms with Crippen LogP contribution in [0.1, 0.15) is 13.8 Å². The molecule has 0 bridgehead atoms. The summed E-state index contributed by atoms with van der Waals surface area (Å²) in [5.41, 5.74) is 1.98. The average molecular weight is 418 g/mol. The predicted molar refractivity (Wildman–Crippen MR) is 114 cm³/mol. The number of anilines is 3. The van der Waals surface area contributed by atoms with Crippen molar-refractivity contribution < 1.29 is 5.11 Å². The molecule has 0 saturated heterocycles. The zero-order valence-electron chi connectivity index (χ0n) is 15.5. The quantitative estimate of drug-likeness (QED) is 0.500. The van der Waals surface area contributed by atoms with Gasteiger partial charge in [-0.3, -0.25) is 4.98 Å². The summed E-state index contributed by atoms with van der Waals surface area (Å²) in [7, 11) is 0. The fourth-order valence-electron chi connectivity index (χ4n) is 2.55. The number of aliphatic hydroxyl groups is 1. The summed E-state index contributed by atoms with van der Waals surface area (Å²) in [6.45, 7) is 4.00. The number of rotatable bonds is 7. The molecule has 0 aliphatic carbocycles. The monoisotopic (exact) mass is 417 g/mol. The molecule has 1 aromatic carbocycles. The Morgan fingerprint density at radius 2 is 1.86 bits per heavy atom. The number of hydrogen-bond acceptors (Lipinski definition) is 6. The molecule has 0 unspecified atom stereocenters. The Morgan fingerprint density at radius 3 is 2.54 bits per heavy atom. The van der Waals surface area contributed by atoms with Gasteiger partial charge in [0, 0.05) is 12.3 Å². The summed E-state index contributed by atoms with van der Waals surface area (Å²) in [6.07, 6.45) is 1.70. The van der Waals surface area contributed by atoms with E-state index < -0.39 is 0 Å². The van der Waals surface area contributed by atoms with Crippen LogP contribution in [0.3, 0.4) is 0 Å². The molecule has 3 rings (SSSR count). The highest BCUT2D eigenvalue weighted by Crippen LogP contribution is 2.32. The molecule has 2 aromatic heterocycles. The van der Waals surface area contributed by atoms with Crippen LogP contribution in [-0.2, 0) is 0 Å². The normalized spacial score (nSPS) is 12.1. The first-order valence-corrected chi connectivity index (χ1v) is 9.62. The van der Waals surface area contributed by atoms with Crippen LogP contribution in [0.15, 0.2) is 48.7 Å². The predicted octanol–water partition coefficient (Wildman–Crippen LogP) is 5.02. The topological polar surface area (TPSA) is 83.0 Å². The molecule has 1 atom stereocenters. The molecule has 0 fully saturated rings. The van der Waals surface area contributed by atoms with E-state index in [2.05, 4.69) is 25.6 Å². The van der Waals surface area contributed by atoms with Gasteiger partial charge >= 0.3 is 0 Å². The zero-order chi connectivity index (χ0) is 20.1. The number of hydrogen-bond donors (Lipinski definition) is 3. The second-order valence-corrected chi connectivity index (χ2v) is 7.37. The third-order valence-electron chi connectivity index (χ3n) is 4.18. The molecule has 3 aromatic rings. The van der Waals surface area contributed by atoms with E-state index in [0.717, 1.165) is 0 Å². The van der Waals surface area contributed by atoms with Crippen molar-refractivity contribution in [3.05, 3.63) is 58.7 Å². The Kier molecular flexibility index (Phi) is 6.67. The Hall–Kier alpha value is -2.41. The van der Waals surface area contributed by atoms with Gasteiger partial charge in [-0.05, 0) is 30.2 Å². The lowest BCUT2D eigenvalue weighted by atomic mass is 10.1. The summed E-state index contributed by atoms with van der Waals surface area (Å²) in [6, 6.07) is 12.5. The number of pyridine rings is 1. The second kappa shape index (κ2) is 9.19. The highest BCUT2D eigenvalue weighted by molar-refractivity contribution is 6.43. The van der Waals surface area contributed by atoms with Gasteiger partial charge < -0.3 is 15.7 Å². The molecular weight excluding hydrogens is 397 g/mol. The molecule has 6 nitrogen and oxygen atoms in total. The molecule has 8 heteroatoms. The lowest BCUT2D eigenvalue weighted by Gasteiger charge is -2.20. The third kappa shape index (κ3) is 4.90. The van der Waals surface area contributed by atoms with Crippen molar-refractivity contribution >= 4 is 40.7 Å². The second-order valence-electron chi connectivity index (χ2n) is 6.58. The first-order valence-electron chi connectivity index (χ1n) is 8.87. The molecular formula is C20H21Cl2N5O. The Labute approximate surface area is 174 Å². The van der Waals surface area contributed by atoms with E-state index >= 15 is 0 Å². The van der Waals surface area contributed by atoms with Gasteiger partial charge in [-0.2, -0.15) is 4.98 Å². The van der Waals surface area contributed by atoms with Crippen LogP contribution in [-0.4, -0.2) is 32.7 Å². The first kappa shape index (κ1) is 20.3. The van der Waals surface area contributed by atoms with Gasteiger partial charge in [0.25, 0.3) is 0 Å². The summed E-state index contributed by atoms with van der Waals surface area (Å²) in [5.74, 6) is 1.12. The van der Waals surface area contributed by atoms with E-state index in [1.165, 1.54) is 0 Å². The van der Waals surface area contributed by atoms with Crippen LogP contribution in [0, 0.1) is 5.92 Å². The molecule has 0 radical (unpaired) electrons. The molecule has 0 amide bonds.